The third-order valence-electron chi connectivity index (χ3n) is 16.5. The third kappa shape index (κ3) is 23.5. The maximum Gasteiger partial charge on any atom is 0.247 e. The van der Waals surface area contributed by atoms with E-state index >= 15 is 14.4 Å². The second kappa shape index (κ2) is 37.8. The van der Waals surface area contributed by atoms with Crippen molar-refractivity contribution in [2.75, 3.05) is 75.7 Å². The highest BCUT2D eigenvalue weighted by atomic mass is 16.5. The largest absolute Gasteiger partial charge is 0.394 e. The van der Waals surface area contributed by atoms with Gasteiger partial charge in [-0.2, -0.15) is 0 Å². The first-order valence-electron chi connectivity index (χ1n) is 31.8. The number of likely N-dealkylation sites (N-methyl/N-ethyl adjacent to an activating group) is 7. The molecule has 6 N–H and O–H groups in total. The van der Waals surface area contributed by atoms with Crippen molar-refractivity contribution in [3.05, 3.63) is 12.2 Å². The van der Waals surface area contributed by atoms with Crippen LogP contribution in [0.15, 0.2) is 12.2 Å². The molecule has 11 amide bonds. The van der Waals surface area contributed by atoms with E-state index in [9.17, 15) is 48.6 Å². The molecule has 0 bridgehead atoms. The minimum atomic E-state index is -1.63. The van der Waals surface area contributed by atoms with Crippen LogP contribution in [0.2, 0.25) is 0 Å². The van der Waals surface area contributed by atoms with Crippen LogP contribution in [0.1, 0.15) is 149 Å². The molecule has 0 aromatic carbocycles. The van der Waals surface area contributed by atoms with Crippen LogP contribution >= 0.6 is 0 Å². The van der Waals surface area contributed by atoms with Crippen LogP contribution in [-0.2, 0) is 57.5 Å². The fourth-order valence-electron chi connectivity index (χ4n) is 11.0. The zero-order valence-corrected chi connectivity index (χ0v) is 58.0. The Labute approximate surface area is 531 Å². The van der Waals surface area contributed by atoms with Gasteiger partial charge in [0.1, 0.15) is 60.4 Å². The summed E-state index contributed by atoms with van der Waals surface area (Å²) < 4.78 is 5.61. The monoisotopic (exact) mass is 1260 g/mol. The number of hydrogen-bond donors (Lipinski definition) is 6. The molecule has 0 aromatic rings. The maximum absolute atomic E-state index is 15.2. The number of rotatable bonds is 19. The Kier molecular flexibility index (Phi) is 34.3. The molecule has 0 radical (unpaired) electrons. The zero-order valence-electron chi connectivity index (χ0n) is 58.0. The summed E-state index contributed by atoms with van der Waals surface area (Å²) in [6, 6.07) is -13.0. The Balaban J connectivity index is 4.44. The highest BCUT2D eigenvalue weighted by Gasteiger charge is 2.46. The van der Waals surface area contributed by atoms with Crippen LogP contribution in [0.4, 0.5) is 0 Å². The molecule has 25 nitrogen and oxygen atoms in total. The molecule has 12 unspecified atom stereocenters. The average Bonchev–Trinajstić information content (AvgIpc) is 2.46. The molecule has 89 heavy (non-hydrogen) atoms. The number of nitrogens with zero attached hydrogens (tertiary/aromatic N) is 7. The summed E-state index contributed by atoms with van der Waals surface area (Å²) in [6.45, 7) is 26.5. The van der Waals surface area contributed by atoms with E-state index in [1.807, 2.05) is 55.4 Å². The van der Waals surface area contributed by atoms with Crippen molar-refractivity contribution in [1.82, 2.24) is 55.6 Å². The Morgan fingerprint density at radius 2 is 0.944 bits per heavy atom. The van der Waals surface area contributed by atoms with Crippen LogP contribution in [0.25, 0.3) is 0 Å². The zero-order chi connectivity index (χ0) is 68.8. The lowest BCUT2D eigenvalue weighted by molar-refractivity contribution is -0.157. The Morgan fingerprint density at radius 1 is 0.506 bits per heavy atom. The smallest absolute Gasteiger partial charge is 0.247 e. The number of nitrogens with one attached hydrogen (secondary N) is 4. The van der Waals surface area contributed by atoms with Gasteiger partial charge < -0.3 is 70.5 Å². The molecule has 0 saturated carbocycles. The lowest BCUT2D eigenvalue weighted by Gasteiger charge is -2.41. The topological polar surface area (TPSA) is 308 Å². The number of hydrogen-bond acceptors (Lipinski definition) is 14. The number of allylic oxidation sites excluding steroid dienone is 2. The highest BCUT2D eigenvalue weighted by molar-refractivity contribution is 5.99. The summed E-state index contributed by atoms with van der Waals surface area (Å²) in [7, 11) is 9.76. The summed E-state index contributed by atoms with van der Waals surface area (Å²) in [4.78, 5) is 170. The summed E-state index contributed by atoms with van der Waals surface area (Å²) in [5, 5.41) is 32.7. The fraction of sp³-hybridized carbons (Fsp3) is 0.797. The SMILES string of the molecule is C/C=C/CC(C)C(O)C1C(=O)NC(CC)C(=O)N(C)CC(=O)N(C)C(CC(C)C)C(=O)NC(C(C)C)C(=O)N(C)C(CC(C)C)C(=O)NC(C)C(=O)NC(COCCO)C(=O)N(C)C(CC(C)C)C(=O)N(C)C(CC(C)C)C(=O)N(C)C(C(C)C)C(=O)N1C. The van der Waals surface area contributed by atoms with Crippen LogP contribution in [0.5, 0.6) is 0 Å². The Hall–Kier alpha value is -6.21. The van der Waals surface area contributed by atoms with E-state index < -0.39 is 169 Å². The van der Waals surface area contributed by atoms with E-state index in [-0.39, 0.29) is 62.4 Å². The molecular formula is C64H115N11O14. The highest BCUT2D eigenvalue weighted by Crippen LogP contribution is 2.26. The van der Waals surface area contributed by atoms with Crippen molar-refractivity contribution in [3.8, 4) is 0 Å². The molecule has 1 rings (SSSR count). The van der Waals surface area contributed by atoms with Gasteiger partial charge in [-0.1, -0.05) is 109 Å². The lowest BCUT2D eigenvalue weighted by Crippen LogP contribution is -2.63. The molecule has 510 valence electrons. The Morgan fingerprint density at radius 3 is 1.40 bits per heavy atom. The van der Waals surface area contributed by atoms with E-state index in [1.165, 1.54) is 80.8 Å². The average molecular weight is 1260 g/mol. The molecule has 12 atom stereocenters. The number of aliphatic hydroxyl groups is 2. The number of aliphatic hydroxyl groups excluding tert-OH is 2. The molecule has 1 aliphatic rings. The van der Waals surface area contributed by atoms with E-state index in [4.69, 9.17) is 4.74 Å². The molecule has 0 spiro atoms. The van der Waals surface area contributed by atoms with Crippen LogP contribution in [0, 0.1) is 41.4 Å². The van der Waals surface area contributed by atoms with Gasteiger partial charge >= 0.3 is 0 Å². The first-order valence-corrected chi connectivity index (χ1v) is 31.8. The second-order valence-corrected chi connectivity index (χ2v) is 26.7. The summed E-state index contributed by atoms with van der Waals surface area (Å²) in [6.07, 6.45) is 2.81. The van der Waals surface area contributed by atoms with Gasteiger partial charge in [0.25, 0.3) is 0 Å². The van der Waals surface area contributed by atoms with Gasteiger partial charge in [0.15, 0.2) is 0 Å². The summed E-state index contributed by atoms with van der Waals surface area (Å²) >= 11 is 0. The van der Waals surface area contributed by atoms with Crippen molar-refractivity contribution < 1.29 is 67.7 Å². The first-order chi connectivity index (χ1) is 41.2. The summed E-state index contributed by atoms with van der Waals surface area (Å²) in [5.41, 5.74) is 0. The normalized spacial score (nSPS) is 26.2. The molecule has 1 saturated heterocycles. The molecular weight excluding hydrogens is 1150 g/mol. The van der Waals surface area contributed by atoms with Gasteiger partial charge in [-0.05, 0) is 93.8 Å². The molecule has 25 heteroatoms. The number of amides is 11. The van der Waals surface area contributed by atoms with Crippen molar-refractivity contribution >= 4 is 65.0 Å². The van der Waals surface area contributed by atoms with Gasteiger partial charge in [-0.15, -0.1) is 0 Å². The van der Waals surface area contributed by atoms with Crippen molar-refractivity contribution in [2.24, 2.45) is 41.4 Å². The van der Waals surface area contributed by atoms with Gasteiger partial charge in [0, 0.05) is 49.3 Å². The van der Waals surface area contributed by atoms with Gasteiger partial charge in [0.05, 0.1) is 32.5 Å². The van der Waals surface area contributed by atoms with Crippen molar-refractivity contribution in [3.63, 3.8) is 0 Å². The predicted octanol–water partition coefficient (Wildman–Crippen LogP) is 2.26. The Bertz CT molecular complexity index is 2400. The first kappa shape index (κ1) is 80.8. The lowest BCUT2D eigenvalue weighted by atomic mass is 9.91. The van der Waals surface area contributed by atoms with Crippen LogP contribution in [-0.4, -0.2) is 252 Å². The molecule has 0 aromatic heterocycles. The van der Waals surface area contributed by atoms with Crippen molar-refractivity contribution in [1.29, 1.82) is 0 Å². The quantitative estimate of drug-likeness (QED) is 0.0799. The van der Waals surface area contributed by atoms with Gasteiger partial charge in [-0.25, -0.2) is 0 Å². The molecule has 1 fully saturated rings. The molecule has 1 aliphatic heterocycles. The fourth-order valence-corrected chi connectivity index (χ4v) is 11.0. The number of ether oxygens (including phenoxy) is 1. The second-order valence-electron chi connectivity index (χ2n) is 26.7. The van der Waals surface area contributed by atoms with E-state index in [2.05, 4.69) is 21.3 Å². The van der Waals surface area contributed by atoms with Crippen LogP contribution < -0.4 is 21.3 Å². The van der Waals surface area contributed by atoms with Gasteiger partial charge in [-0.3, -0.25) is 52.7 Å². The molecule has 1 heterocycles. The number of carbonyl (C=O) groups excluding carboxylic acids is 11. The van der Waals surface area contributed by atoms with Crippen LogP contribution in [0.3, 0.4) is 0 Å². The van der Waals surface area contributed by atoms with Gasteiger partial charge in [0.2, 0.25) is 65.0 Å². The standard InChI is InChI=1S/C64H115N11O14/c1-24-26-27-42(15)54(78)53-58(82)66-44(25-2)59(83)69(17)34-50(77)70(18)46(30-36(3)4)57(81)68-51(40(11)12)63(87)71(19)47(31-37(5)6)56(80)65-43(16)55(79)67-45(35-89-29-28-76)60(84)72(20)48(32-38(7)8)61(85)73(21)49(33-39(9)10)62(86)74(22)52(41(13)14)64(88)75(53)23/h24,26,36-49,51-54,76,78H,25,27-35H2,1-23H3,(H,65,80)(H,66,82)(H,67,79)(H,68,81)/b26-24+. The summed E-state index contributed by atoms with van der Waals surface area (Å²) in [5.74, 6) is -10.4. The minimum absolute atomic E-state index is 0.00958. The van der Waals surface area contributed by atoms with E-state index in [1.54, 1.807) is 60.6 Å². The maximum atomic E-state index is 15.2. The third-order valence-corrected chi connectivity index (χ3v) is 16.5. The number of carbonyl (C=O) groups is 11. The molecule has 0 aliphatic carbocycles. The van der Waals surface area contributed by atoms with E-state index in [0.717, 1.165) is 9.80 Å². The van der Waals surface area contributed by atoms with E-state index in [0.29, 0.717) is 6.42 Å². The minimum Gasteiger partial charge on any atom is -0.394 e. The van der Waals surface area contributed by atoms with Crippen molar-refractivity contribution in [2.45, 2.75) is 216 Å². The predicted molar refractivity (Wildman–Crippen MR) is 341 cm³/mol.